The molecule has 0 aliphatic heterocycles. The van der Waals surface area contributed by atoms with Crippen LogP contribution in [0.25, 0.3) is 77.9 Å². The van der Waals surface area contributed by atoms with Crippen molar-refractivity contribution in [1.82, 2.24) is 24.9 Å². The van der Waals surface area contributed by atoms with Crippen molar-refractivity contribution in [3.63, 3.8) is 0 Å². The summed E-state index contributed by atoms with van der Waals surface area (Å²) in [7, 11) is 0. The summed E-state index contributed by atoms with van der Waals surface area (Å²) in [6.45, 7) is 0. The quantitative estimate of drug-likeness (QED) is 0.224. The summed E-state index contributed by atoms with van der Waals surface area (Å²) >= 11 is 0. The first-order valence-electron chi connectivity index (χ1n) is 13.8. The maximum Gasteiger partial charge on any atom is 0.183 e. The highest BCUT2D eigenvalue weighted by Crippen LogP contribution is 2.31. The molecule has 3 heterocycles. The zero-order valence-corrected chi connectivity index (χ0v) is 22.5. The molecular formula is C37H23N5. The van der Waals surface area contributed by atoms with Gasteiger partial charge in [-0.25, -0.2) is 15.0 Å². The van der Waals surface area contributed by atoms with E-state index in [1.807, 2.05) is 60.9 Å². The van der Waals surface area contributed by atoms with Crippen molar-refractivity contribution in [1.29, 1.82) is 0 Å². The molecule has 196 valence electrons. The number of hydrogen-bond acceptors (Lipinski definition) is 5. The van der Waals surface area contributed by atoms with Gasteiger partial charge < -0.3 is 0 Å². The predicted molar refractivity (Wildman–Crippen MR) is 170 cm³/mol. The van der Waals surface area contributed by atoms with Crippen LogP contribution in [0.3, 0.4) is 0 Å². The number of hydrogen-bond donors (Lipinski definition) is 0. The van der Waals surface area contributed by atoms with E-state index < -0.39 is 0 Å². The summed E-state index contributed by atoms with van der Waals surface area (Å²) in [5, 5.41) is 6.67. The average molecular weight is 538 g/mol. The Morgan fingerprint density at radius 3 is 1.55 bits per heavy atom. The van der Waals surface area contributed by atoms with Crippen LogP contribution in [-0.4, -0.2) is 24.9 Å². The lowest BCUT2D eigenvalue weighted by molar-refractivity contribution is 1.06. The largest absolute Gasteiger partial charge is 0.256 e. The molecule has 5 heteroatoms. The van der Waals surface area contributed by atoms with E-state index in [2.05, 4.69) is 78.9 Å². The minimum absolute atomic E-state index is 0.541. The van der Waals surface area contributed by atoms with Crippen LogP contribution in [0.2, 0.25) is 0 Å². The molecule has 5 nitrogen and oxygen atoms in total. The molecule has 8 aromatic rings. The van der Waals surface area contributed by atoms with E-state index in [1.54, 1.807) is 0 Å². The van der Waals surface area contributed by atoms with E-state index in [9.17, 15) is 0 Å². The van der Waals surface area contributed by atoms with Gasteiger partial charge in [0.2, 0.25) is 0 Å². The summed E-state index contributed by atoms with van der Waals surface area (Å²) in [6, 6.07) is 43.4. The Morgan fingerprint density at radius 2 is 0.833 bits per heavy atom. The Morgan fingerprint density at radius 1 is 0.333 bits per heavy atom. The first kappa shape index (κ1) is 24.0. The third-order valence-electron chi connectivity index (χ3n) is 7.62. The highest BCUT2D eigenvalue weighted by atomic mass is 15.0. The first-order chi connectivity index (χ1) is 20.8. The van der Waals surface area contributed by atoms with Gasteiger partial charge in [0.25, 0.3) is 0 Å². The number of nitrogens with zero attached hydrogens (tertiary/aromatic N) is 5. The Hall–Kier alpha value is -5.81. The molecule has 3 aromatic heterocycles. The van der Waals surface area contributed by atoms with Gasteiger partial charge in [0.15, 0.2) is 17.5 Å². The Kier molecular flexibility index (Phi) is 5.71. The van der Waals surface area contributed by atoms with Crippen molar-refractivity contribution in [2.75, 3.05) is 0 Å². The van der Waals surface area contributed by atoms with Crippen molar-refractivity contribution in [2.24, 2.45) is 0 Å². The molecule has 0 aliphatic rings. The standard InChI is InChI=1S/C37H23N5/c1-2-10-29-23-30(18-13-24(29)7-1)36-40-35(41-37(42-36)34-32-12-6-4-9-26(32)20-22-39-34)28-16-14-27(15-17-28)33-31-11-5-3-8-25(31)19-21-38-33/h1-23H. The molecule has 0 aliphatic carbocycles. The number of benzene rings is 5. The molecule has 0 saturated carbocycles. The van der Waals surface area contributed by atoms with Gasteiger partial charge in [-0.2, -0.15) is 0 Å². The Balaban J connectivity index is 1.29. The number of aromatic nitrogens is 5. The molecular weight excluding hydrogens is 514 g/mol. The zero-order valence-electron chi connectivity index (χ0n) is 22.5. The fourth-order valence-electron chi connectivity index (χ4n) is 5.49. The second-order valence-electron chi connectivity index (χ2n) is 10.2. The zero-order chi connectivity index (χ0) is 27.9. The SMILES string of the molecule is c1ccc2cc(-c3nc(-c4ccc(-c5nccc6ccccc56)cc4)nc(-c4nccc5ccccc45)n3)ccc2c1. The van der Waals surface area contributed by atoms with Crippen LogP contribution >= 0.6 is 0 Å². The lowest BCUT2D eigenvalue weighted by atomic mass is 10.0. The van der Waals surface area contributed by atoms with Gasteiger partial charge in [-0.05, 0) is 39.7 Å². The third kappa shape index (κ3) is 4.25. The van der Waals surface area contributed by atoms with Crippen LogP contribution in [0.15, 0.2) is 140 Å². The first-order valence-corrected chi connectivity index (χ1v) is 13.8. The number of fused-ring (bicyclic) bond motifs is 3. The normalized spacial score (nSPS) is 11.3. The molecule has 0 atom stereocenters. The fourth-order valence-corrected chi connectivity index (χ4v) is 5.49. The second kappa shape index (κ2) is 9.98. The van der Waals surface area contributed by atoms with Crippen molar-refractivity contribution in [3.8, 4) is 45.6 Å². The molecule has 0 N–H and O–H groups in total. The van der Waals surface area contributed by atoms with Crippen molar-refractivity contribution >= 4 is 32.3 Å². The monoisotopic (exact) mass is 537 g/mol. The minimum Gasteiger partial charge on any atom is -0.256 e. The topological polar surface area (TPSA) is 64.5 Å². The van der Waals surface area contributed by atoms with Gasteiger partial charge in [0.1, 0.15) is 5.69 Å². The molecule has 5 aromatic carbocycles. The molecule has 42 heavy (non-hydrogen) atoms. The van der Waals surface area contributed by atoms with Crippen LogP contribution in [-0.2, 0) is 0 Å². The molecule has 8 rings (SSSR count). The summed E-state index contributed by atoms with van der Waals surface area (Å²) in [5.41, 5.74) is 4.54. The Bertz CT molecular complexity index is 2250. The van der Waals surface area contributed by atoms with Gasteiger partial charge >= 0.3 is 0 Å². The van der Waals surface area contributed by atoms with E-state index in [4.69, 9.17) is 24.9 Å². The highest BCUT2D eigenvalue weighted by molar-refractivity contribution is 5.95. The van der Waals surface area contributed by atoms with Gasteiger partial charge in [0.05, 0.1) is 5.69 Å². The van der Waals surface area contributed by atoms with Crippen molar-refractivity contribution in [3.05, 3.63) is 140 Å². The molecule has 0 bridgehead atoms. The van der Waals surface area contributed by atoms with E-state index >= 15 is 0 Å². The van der Waals surface area contributed by atoms with Gasteiger partial charge in [-0.15, -0.1) is 0 Å². The predicted octanol–water partition coefficient (Wildman–Crippen LogP) is 8.79. The van der Waals surface area contributed by atoms with Crippen molar-refractivity contribution < 1.29 is 0 Å². The van der Waals surface area contributed by atoms with Crippen LogP contribution in [0.1, 0.15) is 0 Å². The number of pyridine rings is 2. The summed E-state index contributed by atoms with van der Waals surface area (Å²) in [5.74, 6) is 1.74. The summed E-state index contributed by atoms with van der Waals surface area (Å²) < 4.78 is 0. The smallest absolute Gasteiger partial charge is 0.183 e. The van der Waals surface area contributed by atoms with E-state index in [0.717, 1.165) is 55.0 Å². The average Bonchev–Trinajstić information content (AvgIpc) is 3.07. The van der Waals surface area contributed by atoms with E-state index in [0.29, 0.717) is 17.5 Å². The molecule has 0 saturated heterocycles. The van der Waals surface area contributed by atoms with Crippen LogP contribution < -0.4 is 0 Å². The van der Waals surface area contributed by atoms with E-state index in [1.165, 1.54) is 5.39 Å². The van der Waals surface area contributed by atoms with Gasteiger partial charge in [-0.1, -0.05) is 109 Å². The van der Waals surface area contributed by atoms with E-state index in [-0.39, 0.29) is 0 Å². The fraction of sp³-hybridized carbons (Fsp3) is 0. The second-order valence-corrected chi connectivity index (χ2v) is 10.2. The summed E-state index contributed by atoms with van der Waals surface area (Å²) in [6.07, 6.45) is 3.67. The van der Waals surface area contributed by atoms with Gasteiger partial charge in [0, 0.05) is 39.9 Å². The lowest BCUT2D eigenvalue weighted by Gasteiger charge is -2.11. The maximum absolute atomic E-state index is 4.97. The van der Waals surface area contributed by atoms with Crippen LogP contribution in [0.5, 0.6) is 0 Å². The molecule has 0 spiro atoms. The number of rotatable bonds is 4. The maximum atomic E-state index is 4.97. The molecule has 0 amide bonds. The summed E-state index contributed by atoms with van der Waals surface area (Å²) in [4.78, 5) is 24.3. The lowest BCUT2D eigenvalue weighted by Crippen LogP contribution is -2.01. The molecule has 0 radical (unpaired) electrons. The molecule has 0 unspecified atom stereocenters. The van der Waals surface area contributed by atoms with Crippen LogP contribution in [0.4, 0.5) is 0 Å². The van der Waals surface area contributed by atoms with Crippen molar-refractivity contribution in [2.45, 2.75) is 0 Å². The Labute approximate surface area is 242 Å². The van der Waals surface area contributed by atoms with Gasteiger partial charge in [-0.3, -0.25) is 9.97 Å². The molecule has 0 fully saturated rings. The van der Waals surface area contributed by atoms with Crippen LogP contribution in [0, 0.1) is 0 Å². The third-order valence-corrected chi connectivity index (χ3v) is 7.62. The highest BCUT2D eigenvalue weighted by Gasteiger charge is 2.16. The minimum atomic E-state index is 0.541.